The number of likely N-dealkylation sites (N-methyl/N-ethyl adjacent to an activating group) is 1. The second-order valence-electron chi connectivity index (χ2n) is 3.79. The monoisotopic (exact) mass is 288 g/mol. The van der Waals surface area contributed by atoms with E-state index < -0.39 is 0 Å². The molecule has 2 N–H and O–H groups in total. The van der Waals surface area contributed by atoms with Crippen molar-refractivity contribution >= 4 is 30.1 Å². The fourth-order valence-electron chi connectivity index (χ4n) is 1.51. The van der Waals surface area contributed by atoms with Crippen molar-refractivity contribution < 1.29 is 4.79 Å². The zero-order valence-electron chi connectivity index (χ0n) is 11.1. The second kappa shape index (κ2) is 9.25. The molecule has 5 heteroatoms. The van der Waals surface area contributed by atoms with E-state index in [-0.39, 0.29) is 18.3 Å². The average molecular weight is 289 g/mol. The Morgan fingerprint density at radius 3 is 2.67 bits per heavy atom. The topological polar surface area (TPSA) is 41.1 Å². The van der Waals surface area contributed by atoms with Crippen molar-refractivity contribution in [3.63, 3.8) is 0 Å². The fraction of sp³-hybridized carbons (Fsp3) is 0.462. The van der Waals surface area contributed by atoms with Gasteiger partial charge in [-0.15, -0.1) is 24.2 Å². The van der Waals surface area contributed by atoms with Crippen LogP contribution in [0.4, 0.5) is 0 Å². The summed E-state index contributed by atoms with van der Waals surface area (Å²) in [5.74, 6) is 0.0105. The van der Waals surface area contributed by atoms with E-state index in [1.165, 1.54) is 0 Å². The Labute approximate surface area is 120 Å². The summed E-state index contributed by atoms with van der Waals surface area (Å²) in [6.07, 6.45) is 2.01. The fourth-order valence-corrected chi connectivity index (χ4v) is 1.95. The number of carbonyl (C=O) groups is 1. The van der Waals surface area contributed by atoms with Gasteiger partial charge in [-0.1, -0.05) is 13.0 Å². The highest BCUT2D eigenvalue weighted by Gasteiger charge is 2.08. The van der Waals surface area contributed by atoms with E-state index in [0.717, 1.165) is 29.1 Å². The van der Waals surface area contributed by atoms with Crippen LogP contribution >= 0.6 is 24.2 Å². The number of amides is 1. The summed E-state index contributed by atoms with van der Waals surface area (Å²) < 4.78 is 0. The molecule has 0 bridgehead atoms. The highest BCUT2D eigenvalue weighted by molar-refractivity contribution is 7.98. The van der Waals surface area contributed by atoms with Crippen LogP contribution in [-0.4, -0.2) is 31.8 Å². The van der Waals surface area contributed by atoms with Gasteiger partial charge in [0.2, 0.25) is 0 Å². The van der Waals surface area contributed by atoms with Gasteiger partial charge < -0.3 is 10.6 Å². The van der Waals surface area contributed by atoms with E-state index >= 15 is 0 Å². The Morgan fingerprint density at radius 2 is 2.06 bits per heavy atom. The van der Waals surface area contributed by atoms with Crippen molar-refractivity contribution in [1.82, 2.24) is 10.6 Å². The predicted molar refractivity (Wildman–Crippen MR) is 81.1 cm³/mol. The van der Waals surface area contributed by atoms with Crippen LogP contribution in [0.5, 0.6) is 0 Å². The summed E-state index contributed by atoms with van der Waals surface area (Å²) in [5, 5.41) is 6.09. The maximum atomic E-state index is 11.9. The van der Waals surface area contributed by atoms with Gasteiger partial charge in [-0.05, 0) is 37.4 Å². The van der Waals surface area contributed by atoms with Crippen molar-refractivity contribution in [2.75, 3.05) is 25.9 Å². The maximum absolute atomic E-state index is 11.9. The summed E-state index contributed by atoms with van der Waals surface area (Å²) in [5.41, 5.74) is 1.79. The molecule has 0 saturated heterocycles. The van der Waals surface area contributed by atoms with Gasteiger partial charge in [-0.25, -0.2) is 0 Å². The third-order valence-electron chi connectivity index (χ3n) is 2.53. The Bertz CT molecular complexity index is 385. The van der Waals surface area contributed by atoms with Crippen LogP contribution in [0.1, 0.15) is 22.8 Å². The lowest BCUT2D eigenvalue weighted by atomic mass is 10.1. The molecule has 0 spiro atoms. The molecule has 0 aliphatic rings. The lowest BCUT2D eigenvalue weighted by molar-refractivity contribution is 0.0953. The molecule has 0 radical (unpaired) electrons. The molecule has 1 aromatic rings. The van der Waals surface area contributed by atoms with Crippen LogP contribution in [0.3, 0.4) is 0 Å². The van der Waals surface area contributed by atoms with Crippen LogP contribution in [0, 0.1) is 6.92 Å². The van der Waals surface area contributed by atoms with Gasteiger partial charge in [0, 0.05) is 23.5 Å². The number of hydrogen-bond donors (Lipinski definition) is 2. The van der Waals surface area contributed by atoms with Crippen molar-refractivity contribution in [3.8, 4) is 0 Å². The van der Waals surface area contributed by atoms with E-state index in [2.05, 4.69) is 10.6 Å². The Morgan fingerprint density at radius 1 is 1.33 bits per heavy atom. The number of aryl methyl sites for hydroxylation is 1. The minimum absolute atomic E-state index is 0. The zero-order valence-corrected chi connectivity index (χ0v) is 12.7. The molecule has 1 amide bonds. The summed E-state index contributed by atoms with van der Waals surface area (Å²) in [6, 6.07) is 5.98. The molecule has 18 heavy (non-hydrogen) atoms. The quantitative estimate of drug-likeness (QED) is 0.624. The number of carbonyl (C=O) groups excluding carboxylic acids is 1. The van der Waals surface area contributed by atoms with Crippen LogP contribution in [-0.2, 0) is 0 Å². The lowest BCUT2D eigenvalue weighted by Crippen LogP contribution is -2.32. The molecule has 0 saturated carbocycles. The summed E-state index contributed by atoms with van der Waals surface area (Å²) in [4.78, 5) is 13.1. The first-order valence-electron chi connectivity index (χ1n) is 5.82. The first-order chi connectivity index (χ1) is 8.19. The average Bonchev–Trinajstić information content (AvgIpc) is 2.35. The second-order valence-corrected chi connectivity index (χ2v) is 4.67. The molecule has 1 rings (SSSR count). The molecule has 102 valence electrons. The van der Waals surface area contributed by atoms with Gasteiger partial charge in [-0.3, -0.25) is 4.79 Å². The maximum Gasteiger partial charge on any atom is 0.251 e. The number of nitrogens with one attached hydrogen (secondary N) is 2. The standard InChI is InChI=1S/C13H20N2OS.ClH/c1-4-14-7-8-15-13(16)12-9-11(17-3)6-5-10(12)2;/h5-6,9,14H,4,7-8H2,1-3H3,(H,15,16);1H. The van der Waals surface area contributed by atoms with Crippen molar-refractivity contribution in [3.05, 3.63) is 29.3 Å². The first kappa shape index (κ1) is 17.3. The molecule has 0 aliphatic carbocycles. The Hall–Kier alpha value is -0.710. The smallest absolute Gasteiger partial charge is 0.251 e. The van der Waals surface area contributed by atoms with Gasteiger partial charge in [0.25, 0.3) is 5.91 Å². The van der Waals surface area contributed by atoms with Crippen LogP contribution in [0.2, 0.25) is 0 Å². The van der Waals surface area contributed by atoms with Crippen LogP contribution in [0.15, 0.2) is 23.1 Å². The minimum Gasteiger partial charge on any atom is -0.351 e. The Balaban J connectivity index is 0.00000289. The lowest BCUT2D eigenvalue weighted by Gasteiger charge is -2.09. The highest BCUT2D eigenvalue weighted by atomic mass is 35.5. The number of halogens is 1. The van der Waals surface area contributed by atoms with E-state index in [1.807, 2.05) is 38.3 Å². The third kappa shape index (κ3) is 5.29. The molecule has 0 unspecified atom stereocenters. The molecule has 0 fully saturated rings. The summed E-state index contributed by atoms with van der Waals surface area (Å²) >= 11 is 1.65. The molecular formula is C13H21ClN2OS. The Kier molecular flexibility index (Phi) is 8.89. The number of thioether (sulfide) groups is 1. The van der Waals surface area contributed by atoms with Gasteiger partial charge in [0.05, 0.1) is 0 Å². The number of benzene rings is 1. The third-order valence-corrected chi connectivity index (χ3v) is 3.25. The highest BCUT2D eigenvalue weighted by Crippen LogP contribution is 2.18. The number of hydrogen-bond acceptors (Lipinski definition) is 3. The molecule has 3 nitrogen and oxygen atoms in total. The molecular weight excluding hydrogens is 268 g/mol. The summed E-state index contributed by atoms with van der Waals surface area (Å²) in [6.45, 7) is 6.41. The minimum atomic E-state index is 0. The zero-order chi connectivity index (χ0) is 12.7. The molecule has 1 aromatic carbocycles. The normalized spacial score (nSPS) is 9.72. The molecule has 0 aromatic heterocycles. The SMILES string of the molecule is CCNCCNC(=O)c1cc(SC)ccc1C.Cl. The number of rotatable bonds is 6. The van der Waals surface area contributed by atoms with Gasteiger partial charge in [0.15, 0.2) is 0 Å². The predicted octanol–water partition coefficient (Wildman–Crippen LogP) is 2.48. The van der Waals surface area contributed by atoms with Gasteiger partial charge in [-0.2, -0.15) is 0 Å². The van der Waals surface area contributed by atoms with E-state index in [1.54, 1.807) is 11.8 Å². The largest absolute Gasteiger partial charge is 0.351 e. The van der Waals surface area contributed by atoms with E-state index in [4.69, 9.17) is 0 Å². The molecule has 0 atom stereocenters. The first-order valence-corrected chi connectivity index (χ1v) is 7.05. The van der Waals surface area contributed by atoms with Crippen molar-refractivity contribution in [2.45, 2.75) is 18.7 Å². The van der Waals surface area contributed by atoms with Crippen molar-refractivity contribution in [1.29, 1.82) is 0 Å². The van der Waals surface area contributed by atoms with E-state index in [0.29, 0.717) is 6.54 Å². The summed E-state index contributed by atoms with van der Waals surface area (Å²) in [7, 11) is 0. The van der Waals surface area contributed by atoms with Crippen LogP contribution < -0.4 is 10.6 Å². The molecule has 0 aliphatic heterocycles. The van der Waals surface area contributed by atoms with Crippen molar-refractivity contribution in [2.24, 2.45) is 0 Å². The van der Waals surface area contributed by atoms with Gasteiger partial charge >= 0.3 is 0 Å². The van der Waals surface area contributed by atoms with E-state index in [9.17, 15) is 4.79 Å². The van der Waals surface area contributed by atoms with Gasteiger partial charge in [0.1, 0.15) is 0 Å². The molecule has 0 heterocycles. The van der Waals surface area contributed by atoms with Crippen LogP contribution in [0.25, 0.3) is 0 Å².